The highest BCUT2D eigenvalue weighted by Gasteiger charge is 2.68. The van der Waals surface area contributed by atoms with Crippen molar-refractivity contribution in [3.8, 4) is 5.88 Å². The van der Waals surface area contributed by atoms with Crippen LogP contribution in [0.15, 0.2) is 47.0 Å². The molecule has 2 aromatic rings. The van der Waals surface area contributed by atoms with Crippen molar-refractivity contribution < 1.29 is 23.3 Å². The van der Waals surface area contributed by atoms with Crippen molar-refractivity contribution in [2.24, 2.45) is 5.92 Å². The summed E-state index contributed by atoms with van der Waals surface area (Å²) in [5.74, 6) is -0.705. The molecule has 1 aromatic carbocycles. The maximum atomic E-state index is 14.4. The van der Waals surface area contributed by atoms with Gasteiger partial charge in [-0.25, -0.2) is 0 Å². The van der Waals surface area contributed by atoms with Gasteiger partial charge in [0.2, 0.25) is 5.78 Å². The molecule has 1 heterocycles. The summed E-state index contributed by atoms with van der Waals surface area (Å²) < 4.78 is 18.7. The highest BCUT2D eigenvalue weighted by Crippen LogP contribution is 2.56. The average Bonchev–Trinajstić information content (AvgIpc) is 3.21. The van der Waals surface area contributed by atoms with Gasteiger partial charge in [0.25, 0.3) is 5.88 Å². The minimum atomic E-state index is -2.57. The number of fused-ring (bicyclic) bond motifs is 2. The van der Waals surface area contributed by atoms with E-state index in [2.05, 4.69) is 39.0 Å². The monoisotopic (exact) mass is 496 g/mol. The van der Waals surface area contributed by atoms with Crippen molar-refractivity contribution >= 4 is 19.9 Å². The summed E-state index contributed by atoms with van der Waals surface area (Å²) >= 11 is 0. The first kappa shape index (κ1) is 25.5. The van der Waals surface area contributed by atoms with E-state index >= 15 is 0 Å². The zero-order valence-corrected chi connectivity index (χ0v) is 23.0. The lowest BCUT2D eigenvalue weighted by atomic mass is 9.59. The molecule has 0 bridgehead atoms. The molecule has 0 unspecified atom stereocenters. The Hall–Kier alpha value is -2.55. The maximum absolute atomic E-state index is 14.4. The number of ketones is 2. The lowest BCUT2D eigenvalue weighted by molar-refractivity contribution is -0.140. The molecule has 7 nitrogen and oxygen atoms in total. The second-order valence-corrected chi connectivity index (χ2v) is 16.2. The SMILES string of the molecule is CN(C)[C@]1(C)c2onc(OCc3ccccc3)c2C(=O)[C@@]2(O[Si](C)(C)C(C)(C)C)C(=O)C=CC[C@H]21. The Kier molecular flexibility index (Phi) is 6.23. The van der Waals surface area contributed by atoms with Crippen molar-refractivity contribution in [2.45, 2.75) is 70.0 Å². The Balaban J connectivity index is 1.90. The van der Waals surface area contributed by atoms with Gasteiger partial charge in [-0.2, -0.15) is 0 Å². The van der Waals surface area contributed by atoms with Crippen LogP contribution in [0.5, 0.6) is 5.88 Å². The molecule has 2 aliphatic carbocycles. The number of carbonyl (C=O) groups excluding carboxylic acids is 2. The molecule has 0 N–H and O–H groups in total. The van der Waals surface area contributed by atoms with E-state index in [1.165, 1.54) is 6.08 Å². The first-order chi connectivity index (χ1) is 16.3. The van der Waals surface area contributed by atoms with Gasteiger partial charge in [0.1, 0.15) is 12.2 Å². The van der Waals surface area contributed by atoms with Crippen LogP contribution < -0.4 is 4.74 Å². The summed E-state index contributed by atoms with van der Waals surface area (Å²) in [5.41, 5.74) is -1.35. The second-order valence-electron chi connectivity index (χ2n) is 11.5. The molecule has 4 rings (SSSR count). The van der Waals surface area contributed by atoms with Crippen molar-refractivity contribution in [2.75, 3.05) is 14.1 Å². The van der Waals surface area contributed by atoms with Crippen LogP contribution in [0.25, 0.3) is 0 Å². The van der Waals surface area contributed by atoms with Crippen molar-refractivity contribution in [1.29, 1.82) is 0 Å². The molecule has 1 aromatic heterocycles. The molecule has 0 aliphatic heterocycles. The molecule has 3 atom stereocenters. The highest BCUT2D eigenvalue weighted by atomic mass is 28.4. The normalized spacial score (nSPS) is 26.6. The number of nitrogens with zero attached hydrogens (tertiary/aromatic N) is 2. The average molecular weight is 497 g/mol. The van der Waals surface area contributed by atoms with Gasteiger partial charge in [0.05, 0.1) is 5.54 Å². The number of Topliss-reactive ketones (excluding diaryl/α,β-unsaturated/α-hetero) is 1. The zero-order valence-electron chi connectivity index (χ0n) is 22.0. The third-order valence-electron chi connectivity index (χ3n) is 8.23. The van der Waals surface area contributed by atoms with E-state index in [0.29, 0.717) is 12.2 Å². The van der Waals surface area contributed by atoms with Crippen LogP contribution in [0.2, 0.25) is 18.1 Å². The van der Waals surface area contributed by atoms with Gasteiger partial charge < -0.3 is 13.7 Å². The van der Waals surface area contributed by atoms with Gasteiger partial charge in [0.15, 0.2) is 25.5 Å². The van der Waals surface area contributed by atoms with Gasteiger partial charge in [-0.3, -0.25) is 14.5 Å². The summed E-state index contributed by atoms with van der Waals surface area (Å²) in [6, 6.07) is 9.64. The van der Waals surface area contributed by atoms with Crippen LogP contribution >= 0.6 is 0 Å². The maximum Gasteiger partial charge on any atom is 0.265 e. The molecule has 0 radical (unpaired) electrons. The van der Waals surface area contributed by atoms with Gasteiger partial charge in [-0.1, -0.05) is 57.2 Å². The minimum Gasteiger partial charge on any atom is -0.470 e. The van der Waals surface area contributed by atoms with Crippen LogP contribution in [0.4, 0.5) is 0 Å². The molecular formula is C27H36N2O5Si. The summed E-state index contributed by atoms with van der Waals surface area (Å²) in [4.78, 5) is 30.2. The van der Waals surface area contributed by atoms with Crippen LogP contribution in [0, 0.1) is 5.92 Å². The molecular weight excluding hydrogens is 460 g/mol. The number of allylic oxidation sites excluding steroid dienone is 1. The topological polar surface area (TPSA) is 81.9 Å². The summed E-state index contributed by atoms with van der Waals surface area (Å²) in [6.45, 7) is 12.7. The van der Waals surface area contributed by atoms with Gasteiger partial charge in [-0.05, 0) is 62.4 Å². The molecule has 0 spiro atoms. The Morgan fingerprint density at radius 1 is 1.17 bits per heavy atom. The van der Waals surface area contributed by atoms with E-state index < -0.39 is 31.2 Å². The largest absolute Gasteiger partial charge is 0.470 e. The molecule has 0 amide bonds. The molecule has 8 heteroatoms. The third kappa shape index (κ3) is 3.82. The zero-order chi connectivity index (χ0) is 25.8. The lowest BCUT2D eigenvalue weighted by Crippen LogP contribution is -2.70. The van der Waals surface area contributed by atoms with Gasteiger partial charge in [0, 0.05) is 5.92 Å². The fourth-order valence-corrected chi connectivity index (χ4v) is 6.34. The standard InChI is InChI=1S/C27H36N2O5Si/c1-25(2,3)35(7,8)34-27-19(15-12-16-20(27)30)26(4,29(5)6)23-21(22(27)31)24(28-33-23)32-17-18-13-10-9-11-14-18/h9-14,16,19H,15,17H2,1-8H3/t19-,26-,27-/m0/s1. The Morgan fingerprint density at radius 2 is 1.83 bits per heavy atom. The van der Waals surface area contributed by atoms with E-state index in [4.69, 9.17) is 13.7 Å². The smallest absolute Gasteiger partial charge is 0.265 e. The fourth-order valence-electron chi connectivity index (χ4n) is 4.90. The van der Waals surface area contributed by atoms with Crippen molar-refractivity contribution in [3.63, 3.8) is 0 Å². The van der Waals surface area contributed by atoms with Crippen LogP contribution in [-0.4, -0.2) is 49.6 Å². The Labute approximate surface area is 208 Å². The van der Waals surface area contributed by atoms with Gasteiger partial charge in [-0.15, -0.1) is 0 Å². The molecule has 0 saturated heterocycles. The highest BCUT2D eigenvalue weighted by molar-refractivity contribution is 6.74. The number of carbonyl (C=O) groups is 2. The van der Waals surface area contributed by atoms with Crippen LogP contribution in [-0.2, 0) is 21.4 Å². The third-order valence-corrected chi connectivity index (χ3v) is 12.7. The number of hydrogen-bond donors (Lipinski definition) is 0. The number of hydrogen-bond acceptors (Lipinski definition) is 7. The van der Waals surface area contributed by atoms with E-state index in [0.717, 1.165) is 5.56 Å². The van der Waals surface area contributed by atoms with Crippen molar-refractivity contribution in [3.05, 3.63) is 59.4 Å². The molecule has 188 valence electrons. The molecule has 0 fully saturated rings. The Morgan fingerprint density at radius 3 is 2.43 bits per heavy atom. The van der Waals surface area contributed by atoms with Crippen LogP contribution in [0.1, 0.15) is 55.8 Å². The summed E-state index contributed by atoms with van der Waals surface area (Å²) in [7, 11) is 1.28. The molecule has 2 aliphatic rings. The lowest BCUT2D eigenvalue weighted by Gasteiger charge is -2.55. The predicted molar refractivity (Wildman–Crippen MR) is 136 cm³/mol. The Bertz CT molecular complexity index is 1160. The van der Waals surface area contributed by atoms with Gasteiger partial charge >= 0.3 is 0 Å². The van der Waals surface area contributed by atoms with Crippen LogP contribution in [0.3, 0.4) is 0 Å². The molecule has 35 heavy (non-hydrogen) atoms. The van der Waals surface area contributed by atoms with E-state index in [1.807, 2.05) is 62.3 Å². The predicted octanol–water partition coefficient (Wildman–Crippen LogP) is 5.13. The fraction of sp³-hybridized carbons (Fsp3) is 0.519. The first-order valence-electron chi connectivity index (χ1n) is 12.1. The van der Waals surface area contributed by atoms with Crippen molar-refractivity contribution in [1.82, 2.24) is 10.1 Å². The van der Waals surface area contributed by atoms with E-state index in [-0.39, 0.29) is 28.9 Å². The van der Waals surface area contributed by atoms with E-state index in [9.17, 15) is 9.59 Å². The van der Waals surface area contributed by atoms with E-state index in [1.54, 1.807) is 0 Å². The summed E-state index contributed by atoms with van der Waals surface area (Å²) in [6.07, 6.45) is 3.84. The summed E-state index contributed by atoms with van der Waals surface area (Å²) in [5, 5.41) is 3.98. The molecule has 0 saturated carbocycles. The quantitative estimate of drug-likeness (QED) is 0.405. The second kappa shape index (κ2) is 8.53. The number of ether oxygens (including phenoxy) is 1. The number of benzene rings is 1. The number of aromatic nitrogens is 1. The minimum absolute atomic E-state index is 0.0981. The number of rotatable bonds is 6. The first-order valence-corrected chi connectivity index (χ1v) is 15.0.